The van der Waals surface area contributed by atoms with E-state index in [0.29, 0.717) is 34.9 Å². The van der Waals surface area contributed by atoms with E-state index in [0.717, 1.165) is 10.0 Å². The number of anilines is 2. The van der Waals surface area contributed by atoms with E-state index >= 15 is 0 Å². The van der Waals surface area contributed by atoms with Crippen LogP contribution in [-0.2, 0) is 16.0 Å². The largest absolute Gasteiger partial charge is 0.320 e. The first kappa shape index (κ1) is 22.7. The van der Waals surface area contributed by atoms with Crippen LogP contribution < -0.4 is 15.8 Å². The van der Waals surface area contributed by atoms with Gasteiger partial charge in [-0.05, 0) is 42.8 Å². The lowest BCUT2D eigenvalue weighted by Gasteiger charge is -2.32. The molecule has 174 valence electrons. The van der Waals surface area contributed by atoms with Crippen LogP contribution in [0.4, 0.5) is 11.4 Å². The third-order valence-corrected chi connectivity index (χ3v) is 6.18. The van der Waals surface area contributed by atoms with Crippen molar-refractivity contribution in [3.8, 4) is 0 Å². The smallest absolute Gasteiger partial charge is 0.276 e. The minimum Gasteiger partial charge on any atom is -0.320 e. The Morgan fingerprint density at radius 2 is 1.71 bits per heavy atom. The quantitative estimate of drug-likeness (QED) is 0.384. The first-order chi connectivity index (χ1) is 17.0. The fraction of sp³-hybridized carbons (Fsp3) is 0.115. The Morgan fingerprint density at radius 1 is 1.00 bits per heavy atom. The molecule has 8 nitrogen and oxygen atoms in total. The Labute approximate surface area is 210 Å². The summed E-state index contributed by atoms with van der Waals surface area (Å²) in [7, 11) is 0. The number of aliphatic imine (C=N–C) groups is 1. The molecule has 0 saturated carbocycles. The molecule has 0 radical (unpaired) electrons. The lowest BCUT2D eigenvalue weighted by molar-refractivity contribution is -0.120. The maximum Gasteiger partial charge on any atom is 0.276 e. The second-order valence-corrected chi connectivity index (χ2v) is 8.99. The van der Waals surface area contributed by atoms with Crippen molar-refractivity contribution < 1.29 is 9.59 Å². The molecular formula is C26H21BrN6O2. The topological polar surface area (TPSA) is 98.5 Å². The summed E-state index contributed by atoms with van der Waals surface area (Å²) in [4.78, 5) is 30.4. The number of nitrogens with one attached hydrogen (secondary N) is 2. The number of carbonyl (C=O) groups excluding carboxylic acids is 2. The van der Waals surface area contributed by atoms with Crippen molar-refractivity contribution >= 4 is 56.4 Å². The van der Waals surface area contributed by atoms with E-state index in [2.05, 4.69) is 41.9 Å². The summed E-state index contributed by atoms with van der Waals surface area (Å²) in [6.07, 6.45) is 0.440. The number of carbonyl (C=O) groups is 2. The molecule has 1 atom stereocenters. The number of para-hydroxylation sites is 1. The van der Waals surface area contributed by atoms with Crippen LogP contribution in [0.15, 0.2) is 98.5 Å². The maximum atomic E-state index is 13.4. The molecule has 5 rings (SSSR count). The van der Waals surface area contributed by atoms with E-state index in [4.69, 9.17) is 0 Å². The zero-order chi connectivity index (χ0) is 24.4. The third-order valence-electron chi connectivity index (χ3n) is 5.65. The van der Waals surface area contributed by atoms with Crippen LogP contribution in [-0.4, -0.2) is 35.1 Å². The van der Waals surface area contributed by atoms with Gasteiger partial charge in [0.2, 0.25) is 0 Å². The highest BCUT2D eigenvalue weighted by Gasteiger charge is 2.32. The predicted octanol–water partition coefficient (Wildman–Crippen LogP) is 4.13. The highest BCUT2D eigenvalue weighted by Crippen LogP contribution is 2.24. The van der Waals surface area contributed by atoms with Gasteiger partial charge in [0.1, 0.15) is 11.8 Å². The predicted molar refractivity (Wildman–Crippen MR) is 141 cm³/mol. The molecule has 9 heteroatoms. The molecule has 0 aliphatic carbocycles. The van der Waals surface area contributed by atoms with Crippen molar-refractivity contribution in [3.63, 3.8) is 0 Å². The van der Waals surface area contributed by atoms with Crippen molar-refractivity contribution in [1.29, 1.82) is 0 Å². The van der Waals surface area contributed by atoms with Crippen LogP contribution in [0.2, 0.25) is 0 Å². The Kier molecular flexibility index (Phi) is 6.24. The molecule has 2 aliphatic rings. The zero-order valence-corrected chi connectivity index (χ0v) is 20.4. The summed E-state index contributed by atoms with van der Waals surface area (Å²) >= 11 is 3.43. The number of amidine groups is 1. The molecule has 1 unspecified atom stereocenters. The number of halogens is 1. The van der Waals surface area contributed by atoms with Gasteiger partial charge in [0, 0.05) is 16.5 Å². The fourth-order valence-electron chi connectivity index (χ4n) is 3.85. The molecule has 0 saturated heterocycles. The Bertz CT molecular complexity index is 1380. The van der Waals surface area contributed by atoms with Crippen molar-refractivity contribution in [2.75, 3.05) is 10.3 Å². The molecule has 0 aromatic heterocycles. The first-order valence-electron chi connectivity index (χ1n) is 11.0. The summed E-state index contributed by atoms with van der Waals surface area (Å²) < 4.78 is 0.907. The molecule has 3 aromatic carbocycles. The standard InChI is InChI=1S/C26H21BrN6O2/c1-16(30-31-23-20-9-5-6-10-21(20)29-25(23)34)24-28-22(15-17-7-3-2-4-8-17)26(35)33(32-24)19-13-11-18(27)12-14-19/h2-14,22H,15H2,1H3,(H,28,32)(H,29,31,34)/b30-16-. The molecule has 2 heterocycles. The zero-order valence-electron chi connectivity index (χ0n) is 18.8. The maximum absolute atomic E-state index is 13.4. The second kappa shape index (κ2) is 9.63. The van der Waals surface area contributed by atoms with Gasteiger partial charge in [0.05, 0.1) is 11.4 Å². The first-order valence-corrected chi connectivity index (χ1v) is 11.8. The number of benzene rings is 3. The molecular weight excluding hydrogens is 508 g/mol. The van der Waals surface area contributed by atoms with Gasteiger partial charge in [0.15, 0.2) is 11.5 Å². The van der Waals surface area contributed by atoms with Crippen LogP contribution in [0.1, 0.15) is 18.1 Å². The van der Waals surface area contributed by atoms with E-state index in [1.165, 1.54) is 5.01 Å². The molecule has 35 heavy (non-hydrogen) atoms. The monoisotopic (exact) mass is 528 g/mol. The van der Waals surface area contributed by atoms with Crippen LogP contribution in [0, 0.1) is 0 Å². The van der Waals surface area contributed by atoms with Crippen molar-refractivity contribution in [1.82, 2.24) is 5.43 Å². The van der Waals surface area contributed by atoms with Gasteiger partial charge in [-0.25, -0.2) is 5.01 Å². The number of rotatable bonds is 5. The Balaban J connectivity index is 1.49. The summed E-state index contributed by atoms with van der Waals surface area (Å²) in [5, 5.41) is 12.8. The van der Waals surface area contributed by atoms with E-state index in [1.54, 1.807) is 6.92 Å². The highest BCUT2D eigenvalue weighted by atomic mass is 79.9. The molecule has 2 N–H and O–H groups in total. The average Bonchev–Trinajstić information content (AvgIpc) is 3.19. The Hall–Kier alpha value is -4.11. The molecule has 0 spiro atoms. The fourth-order valence-corrected chi connectivity index (χ4v) is 4.11. The van der Waals surface area contributed by atoms with Gasteiger partial charge in [-0.3, -0.25) is 20.0 Å². The van der Waals surface area contributed by atoms with Gasteiger partial charge >= 0.3 is 0 Å². The van der Waals surface area contributed by atoms with Crippen molar-refractivity contribution in [2.24, 2.45) is 15.2 Å². The van der Waals surface area contributed by atoms with Crippen LogP contribution in [0.3, 0.4) is 0 Å². The number of fused-ring (bicyclic) bond motifs is 1. The molecule has 2 amide bonds. The van der Waals surface area contributed by atoms with Gasteiger partial charge in [-0.15, -0.1) is 5.10 Å². The lowest BCUT2D eigenvalue weighted by Crippen LogP contribution is -2.57. The lowest BCUT2D eigenvalue weighted by atomic mass is 10.0. The molecule has 0 fully saturated rings. The van der Waals surface area contributed by atoms with Crippen LogP contribution in [0.5, 0.6) is 0 Å². The van der Waals surface area contributed by atoms with Gasteiger partial charge in [-0.2, -0.15) is 5.10 Å². The summed E-state index contributed by atoms with van der Waals surface area (Å²) in [5.41, 5.74) is 6.83. The number of hydrogen-bond acceptors (Lipinski definition) is 6. The molecule has 2 aliphatic heterocycles. The number of hydrogen-bond donors (Lipinski definition) is 2. The van der Waals surface area contributed by atoms with Gasteiger partial charge in [-0.1, -0.05) is 64.5 Å². The highest BCUT2D eigenvalue weighted by molar-refractivity contribution is 9.10. The third kappa shape index (κ3) is 4.76. The minimum absolute atomic E-state index is 0.178. The summed E-state index contributed by atoms with van der Waals surface area (Å²) in [6.45, 7) is 1.74. The summed E-state index contributed by atoms with van der Waals surface area (Å²) in [5.74, 6) is -0.0810. The Morgan fingerprint density at radius 3 is 2.49 bits per heavy atom. The summed E-state index contributed by atoms with van der Waals surface area (Å²) in [6, 6.07) is 23.8. The number of amides is 2. The minimum atomic E-state index is -0.648. The number of nitrogens with zero attached hydrogens (tertiary/aromatic N) is 4. The van der Waals surface area contributed by atoms with E-state index in [9.17, 15) is 9.59 Å². The van der Waals surface area contributed by atoms with Gasteiger partial charge in [0.25, 0.3) is 11.8 Å². The molecule has 0 bridgehead atoms. The van der Waals surface area contributed by atoms with Crippen LogP contribution in [0.25, 0.3) is 0 Å². The SMILES string of the molecule is C/C(=N/N=C1\C(=O)Nc2ccccc21)C1=NC(Cc2ccccc2)C(=O)N(c2ccc(Br)cc2)N1. The van der Waals surface area contributed by atoms with E-state index < -0.39 is 6.04 Å². The molecule has 3 aromatic rings. The van der Waals surface area contributed by atoms with Crippen molar-refractivity contribution in [3.05, 3.63) is 94.5 Å². The normalized spacial score (nSPS) is 18.7. The van der Waals surface area contributed by atoms with Gasteiger partial charge < -0.3 is 5.32 Å². The number of hydrazine groups is 1. The average molecular weight is 529 g/mol. The van der Waals surface area contributed by atoms with E-state index in [-0.39, 0.29) is 17.5 Å². The van der Waals surface area contributed by atoms with E-state index in [1.807, 2.05) is 78.9 Å². The second-order valence-electron chi connectivity index (χ2n) is 8.08. The van der Waals surface area contributed by atoms with Crippen LogP contribution >= 0.6 is 15.9 Å². The van der Waals surface area contributed by atoms with Crippen molar-refractivity contribution in [2.45, 2.75) is 19.4 Å².